The fourth-order valence-electron chi connectivity index (χ4n) is 3.88. The number of hydrogen-bond acceptors (Lipinski definition) is 5. The predicted molar refractivity (Wildman–Crippen MR) is 104 cm³/mol. The van der Waals surface area contributed by atoms with E-state index in [4.69, 9.17) is 5.26 Å². The molecule has 7 nitrogen and oxygen atoms in total. The summed E-state index contributed by atoms with van der Waals surface area (Å²) in [4.78, 5) is 23.8. The lowest BCUT2D eigenvalue weighted by Gasteiger charge is -2.32. The van der Waals surface area contributed by atoms with E-state index in [2.05, 4.69) is 20.9 Å². The number of fused-ring (bicyclic) bond motifs is 1. The molecule has 0 radical (unpaired) electrons. The van der Waals surface area contributed by atoms with Crippen LogP contribution in [0.15, 0.2) is 41.5 Å². The van der Waals surface area contributed by atoms with E-state index in [9.17, 15) is 4.79 Å². The van der Waals surface area contributed by atoms with Crippen molar-refractivity contribution in [3.8, 4) is 6.07 Å². The minimum Gasteiger partial charge on any atom is -0.357 e. The number of aromatic nitrogens is 4. The maximum atomic E-state index is 12.8. The van der Waals surface area contributed by atoms with Crippen molar-refractivity contribution in [1.82, 2.24) is 19.1 Å². The Bertz CT molecular complexity index is 1050. The van der Waals surface area contributed by atoms with Crippen LogP contribution in [0, 0.1) is 17.2 Å². The first-order valence-electron chi connectivity index (χ1n) is 9.36. The van der Waals surface area contributed by atoms with Crippen molar-refractivity contribution in [2.24, 2.45) is 5.92 Å². The second-order valence-corrected chi connectivity index (χ2v) is 6.93. The molecule has 0 atom stereocenters. The van der Waals surface area contributed by atoms with Gasteiger partial charge in [0, 0.05) is 38.6 Å². The van der Waals surface area contributed by atoms with E-state index < -0.39 is 0 Å². The van der Waals surface area contributed by atoms with Crippen molar-refractivity contribution >= 4 is 17.0 Å². The minimum atomic E-state index is 0.0250. The molecule has 1 fully saturated rings. The predicted octanol–water partition coefficient (Wildman–Crippen LogP) is 2.40. The Morgan fingerprint density at radius 3 is 2.74 bits per heavy atom. The van der Waals surface area contributed by atoms with Gasteiger partial charge in [0.1, 0.15) is 5.82 Å². The van der Waals surface area contributed by atoms with Gasteiger partial charge in [0.05, 0.1) is 17.1 Å². The summed E-state index contributed by atoms with van der Waals surface area (Å²) in [6, 6.07) is 9.56. The molecule has 0 aromatic carbocycles. The molecule has 3 aromatic heterocycles. The number of imidazole rings is 1. The molecule has 1 saturated heterocycles. The Morgan fingerprint density at radius 2 is 2.00 bits per heavy atom. The topological polar surface area (TPSA) is 79.7 Å². The molecule has 4 rings (SSSR count). The van der Waals surface area contributed by atoms with Crippen LogP contribution in [-0.4, -0.2) is 32.2 Å². The fraction of sp³-hybridized carbons (Fsp3) is 0.400. The summed E-state index contributed by atoms with van der Waals surface area (Å²) in [6.45, 7) is 5.08. The number of aryl methyl sites for hydroxylation is 1. The molecule has 0 spiro atoms. The molecule has 0 bridgehead atoms. The van der Waals surface area contributed by atoms with E-state index in [1.807, 2.05) is 29.7 Å². The maximum Gasteiger partial charge on any atom is 0.330 e. The molecule has 1 aliphatic rings. The quantitative estimate of drug-likeness (QED) is 0.712. The standard InChI is InChI=1S/C20H22N6O/c1-2-25-17-4-3-8-23-19(17)26(20(25)27)14-15-6-10-24(11-7-15)18-12-16(13-21)5-9-22-18/h3-5,8-9,12,15H,2,6-7,10-11,14H2,1H3. The number of nitrogens with zero attached hydrogens (tertiary/aromatic N) is 6. The summed E-state index contributed by atoms with van der Waals surface area (Å²) in [7, 11) is 0. The van der Waals surface area contributed by atoms with E-state index in [0.717, 1.165) is 42.9 Å². The summed E-state index contributed by atoms with van der Waals surface area (Å²) >= 11 is 0. The molecule has 1 aliphatic heterocycles. The van der Waals surface area contributed by atoms with Crippen molar-refractivity contribution in [2.75, 3.05) is 18.0 Å². The number of piperidine rings is 1. The molecular weight excluding hydrogens is 340 g/mol. The maximum absolute atomic E-state index is 12.8. The first-order valence-corrected chi connectivity index (χ1v) is 9.36. The molecule has 0 unspecified atom stereocenters. The third-order valence-corrected chi connectivity index (χ3v) is 5.34. The molecule has 138 valence electrons. The lowest BCUT2D eigenvalue weighted by atomic mass is 9.96. The van der Waals surface area contributed by atoms with Crippen LogP contribution in [0.25, 0.3) is 11.2 Å². The first-order chi connectivity index (χ1) is 13.2. The van der Waals surface area contributed by atoms with E-state index in [1.54, 1.807) is 23.0 Å². The van der Waals surface area contributed by atoms with Gasteiger partial charge in [0.15, 0.2) is 5.65 Å². The number of rotatable bonds is 4. The average molecular weight is 362 g/mol. The second kappa shape index (κ2) is 7.23. The van der Waals surface area contributed by atoms with Gasteiger partial charge in [-0.25, -0.2) is 14.8 Å². The van der Waals surface area contributed by atoms with Gasteiger partial charge in [0.2, 0.25) is 0 Å². The highest BCUT2D eigenvalue weighted by Crippen LogP contribution is 2.24. The Morgan fingerprint density at radius 1 is 1.19 bits per heavy atom. The van der Waals surface area contributed by atoms with E-state index >= 15 is 0 Å². The highest BCUT2D eigenvalue weighted by molar-refractivity contribution is 5.71. The summed E-state index contributed by atoms with van der Waals surface area (Å²) in [6.07, 6.45) is 5.40. The lowest BCUT2D eigenvalue weighted by Crippen LogP contribution is -2.37. The van der Waals surface area contributed by atoms with E-state index in [1.165, 1.54) is 0 Å². The van der Waals surface area contributed by atoms with Crippen LogP contribution in [0.1, 0.15) is 25.3 Å². The summed E-state index contributed by atoms with van der Waals surface area (Å²) in [5, 5.41) is 9.06. The van der Waals surface area contributed by atoms with Crippen LogP contribution in [0.2, 0.25) is 0 Å². The lowest BCUT2D eigenvalue weighted by molar-refractivity contribution is 0.353. The van der Waals surface area contributed by atoms with Gasteiger partial charge in [-0.15, -0.1) is 0 Å². The highest BCUT2D eigenvalue weighted by atomic mass is 16.1. The van der Waals surface area contributed by atoms with E-state index in [0.29, 0.717) is 24.6 Å². The molecule has 4 heterocycles. The van der Waals surface area contributed by atoms with Crippen LogP contribution >= 0.6 is 0 Å². The van der Waals surface area contributed by atoms with Gasteiger partial charge in [-0.3, -0.25) is 9.13 Å². The third kappa shape index (κ3) is 3.19. The van der Waals surface area contributed by atoms with Crippen LogP contribution in [-0.2, 0) is 13.1 Å². The van der Waals surface area contributed by atoms with Gasteiger partial charge in [-0.1, -0.05) is 0 Å². The SMILES string of the molecule is CCn1c(=O)n(CC2CCN(c3cc(C#N)ccn3)CC2)c2ncccc21. The van der Waals surface area contributed by atoms with Crippen LogP contribution < -0.4 is 10.6 Å². The zero-order valence-electron chi connectivity index (χ0n) is 15.4. The summed E-state index contributed by atoms with van der Waals surface area (Å²) in [5.41, 5.74) is 2.33. The van der Waals surface area contributed by atoms with Crippen LogP contribution in [0.3, 0.4) is 0 Å². The Hall–Kier alpha value is -3.14. The number of nitriles is 1. The Labute approximate surface area is 157 Å². The Kier molecular flexibility index (Phi) is 4.63. The average Bonchev–Trinajstić information content (AvgIpc) is 2.99. The molecule has 0 saturated carbocycles. The zero-order valence-corrected chi connectivity index (χ0v) is 15.4. The zero-order chi connectivity index (χ0) is 18.8. The molecule has 27 heavy (non-hydrogen) atoms. The number of anilines is 1. The molecule has 7 heteroatoms. The molecule has 0 aliphatic carbocycles. The smallest absolute Gasteiger partial charge is 0.330 e. The summed E-state index contributed by atoms with van der Waals surface area (Å²) in [5.74, 6) is 1.28. The van der Waals surface area contributed by atoms with Crippen LogP contribution in [0.5, 0.6) is 0 Å². The highest BCUT2D eigenvalue weighted by Gasteiger charge is 2.23. The fourth-order valence-corrected chi connectivity index (χ4v) is 3.88. The molecule has 0 amide bonds. The minimum absolute atomic E-state index is 0.0250. The van der Waals surface area contributed by atoms with Crippen LogP contribution in [0.4, 0.5) is 5.82 Å². The van der Waals surface area contributed by atoms with Gasteiger partial charge in [-0.2, -0.15) is 5.26 Å². The normalized spacial score (nSPS) is 15.2. The van der Waals surface area contributed by atoms with Crippen molar-refractivity contribution in [2.45, 2.75) is 32.9 Å². The summed E-state index contributed by atoms with van der Waals surface area (Å²) < 4.78 is 3.61. The van der Waals surface area contributed by atoms with Gasteiger partial charge < -0.3 is 4.90 Å². The third-order valence-electron chi connectivity index (χ3n) is 5.34. The number of pyridine rings is 2. The van der Waals surface area contributed by atoms with Crippen molar-refractivity contribution in [1.29, 1.82) is 5.26 Å². The van der Waals surface area contributed by atoms with Gasteiger partial charge in [-0.05, 0) is 49.9 Å². The molecule has 0 N–H and O–H groups in total. The number of hydrogen-bond donors (Lipinski definition) is 0. The van der Waals surface area contributed by atoms with E-state index in [-0.39, 0.29) is 5.69 Å². The molecular formula is C20H22N6O. The first kappa shape index (κ1) is 17.3. The Balaban J connectivity index is 1.50. The van der Waals surface area contributed by atoms with Crippen molar-refractivity contribution in [3.05, 3.63) is 52.7 Å². The monoisotopic (exact) mass is 362 g/mol. The van der Waals surface area contributed by atoms with Gasteiger partial charge >= 0.3 is 5.69 Å². The molecule has 3 aromatic rings. The van der Waals surface area contributed by atoms with Crippen molar-refractivity contribution < 1.29 is 0 Å². The van der Waals surface area contributed by atoms with Gasteiger partial charge in [0.25, 0.3) is 0 Å². The van der Waals surface area contributed by atoms with Crippen molar-refractivity contribution in [3.63, 3.8) is 0 Å². The largest absolute Gasteiger partial charge is 0.357 e. The second-order valence-electron chi connectivity index (χ2n) is 6.93.